The minimum atomic E-state index is 0.0684. The number of benzene rings is 1. The number of Topliss-reactive ketones (excluding diaryl/α,β-unsaturated/α-hetero) is 1. The predicted molar refractivity (Wildman–Crippen MR) is 100 cm³/mol. The molecule has 1 aromatic carbocycles. The summed E-state index contributed by atoms with van der Waals surface area (Å²) in [6, 6.07) is 5.79. The highest BCUT2D eigenvalue weighted by atomic mass is 16.5. The van der Waals surface area contributed by atoms with Gasteiger partial charge in [0, 0.05) is 30.0 Å². The van der Waals surface area contributed by atoms with E-state index in [0.29, 0.717) is 31.1 Å². The third kappa shape index (κ3) is 6.16. The molecule has 0 saturated heterocycles. The van der Waals surface area contributed by atoms with Gasteiger partial charge in [0.2, 0.25) is 5.91 Å². The van der Waals surface area contributed by atoms with Crippen LogP contribution in [-0.4, -0.2) is 31.4 Å². The van der Waals surface area contributed by atoms with Crippen LogP contribution < -0.4 is 15.4 Å². The number of rotatable bonds is 10. The van der Waals surface area contributed by atoms with E-state index in [0.717, 1.165) is 42.9 Å². The largest absolute Gasteiger partial charge is 0.493 e. The number of amides is 1. The molecule has 0 spiro atoms. The number of ether oxygens (including phenoxy) is 1. The van der Waals surface area contributed by atoms with Crippen molar-refractivity contribution in [2.24, 2.45) is 11.8 Å². The number of fused-ring (bicyclic) bond motifs is 1. The van der Waals surface area contributed by atoms with Gasteiger partial charge in [-0.3, -0.25) is 9.59 Å². The van der Waals surface area contributed by atoms with E-state index >= 15 is 0 Å². The molecule has 5 heteroatoms. The van der Waals surface area contributed by atoms with Gasteiger partial charge in [0.1, 0.15) is 11.5 Å². The van der Waals surface area contributed by atoms with E-state index in [9.17, 15) is 9.59 Å². The minimum Gasteiger partial charge on any atom is -0.493 e. The van der Waals surface area contributed by atoms with Crippen molar-refractivity contribution < 1.29 is 14.3 Å². The van der Waals surface area contributed by atoms with Crippen molar-refractivity contribution in [3.8, 4) is 5.75 Å². The van der Waals surface area contributed by atoms with Crippen molar-refractivity contribution in [2.45, 2.75) is 46.5 Å². The maximum atomic E-state index is 11.7. The number of hydrogen-bond acceptors (Lipinski definition) is 4. The Hall–Kier alpha value is -1.88. The number of hydrogen-bond donors (Lipinski definition) is 2. The fourth-order valence-electron chi connectivity index (χ4n) is 2.91. The molecule has 1 aliphatic rings. The normalized spacial score (nSPS) is 14.8. The van der Waals surface area contributed by atoms with E-state index in [2.05, 4.69) is 17.6 Å². The fourth-order valence-corrected chi connectivity index (χ4v) is 2.91. The molecule has 0 aliphatic carbocycles. The molecule has 138 valence electrons. The summed E-state index contributed by atoms with van der Waals surface area (Å²) < 4.78 is 5.90. The molecule has 1 aromatic rings. The first kappa shape index (κ1) is 19.4. The molecular formula is C20H30N2O3. The summed E-state index contributed by atoms with van der Waals surface area (Å²) in [5.74, 6) is 1.75. The van der Waals surface area contributed by atoms with Crippen LogP contribution in [0.4, 0.5) is 5.69 Å². The molecule has 5 nitrogen and oxygen atoms in total. The van der Waals surface area contributed by atoms with Gasteiger partial charge in [-0.05, 0) is 44.0 Å². The van der Waals surface area contributed by atoms with Gasteiger partial charge in [-0.15, -0.1) is 0 Å². The first-order chi connectivity index (χ1) is 12.0. The molecule has 1 amide bonds. The van der Waals surface area contributed by atoms with Crippen LogP contribution in [0.25, 0.3) is 0 Å². The average Bonchev–Trinajstić information content (AvgIpc) is 2.57. The van der Waals surface area contributed by atoms with Crippen LogP contribution in [0.5, 0.6) is 5.75 Å². The lowest BCUT2D eigenvalue weighted by atomic mass is 9.98. The third-order valence-electron chi connectivity index (χ3n) is 4.45. The smallest absolute Gasteiger partial charge is 0.224 e. The second-order valence-electron chi connectivity index (χ2n) is 7.17. The van der Waals surface area contributed by atoms with Crippen molar-refractivity contribution >= 4 is 17.4 Å². The monoisotopic (exact) mass is 346 g/mol. The van der Waals surface area contributed by atoms with Gasteiger partial charge in [-0.2, -0.15) is 0 Å². The van der Waals surface area contributed by atoms with Crippen molar-refractivity contribution in [2.75, 3.05) is 25.0 Å². The second kappa shape index (κ2) is 9.56. The summed E-state index contributed by atoms with van der Waals surface area (Å²) in [6.07, 6.45) is 2.79. The van der Waals surface area contributed by atoms with E-state index in [4.69, 9.17) is 4.74 Å². The van der Waals surface area contributed by atoms with Crippen molar-refractivity contribution in [3.05, 3.63) is 23.8 Å². The van der Waals surface area contributed by atoms with Crippen molar-refractivity contribution in [3.63, 3.8) is 0 Å². The van der Waals surface area contributed by atoms with Crippen molar-refractivity contribution in [1.29, 1.82) is 0 Å². The zero-order valence-corrected chi connectivity index (χ0v) is 15.6. The Kier molecular flexibility index (Phi) is 7.44. The zero-order chi connectivity index (χ0) is 18.2. The lowest BCUT2D eigenvalue weighted by Gasteiger charge is -2.20. The van der Waals surface area contributed by atoms with E-state index in [1.54, 1.807) is 0 Å². The molecule has 0 aromatic heterocycles. The Morgan fingerprint density at radius 3 is 2.84 bits per heavy atom. The first-order valence-electron chi connectivity index (χ1n) is 9.25. The Morgan fingerprint density at radius 1 is 1.28 bits per heavy atom. The molecule has 25 heavy (non-hydrogen) atoms. The van der Waals surface area contributed by atoms with Crippen LogP contribution >= 0.6 is 0 Å². The quantitative estimate of drug-likeness (QED) is 0.639. The number of nitrogens with one attached hydrogen (secondary N) is 2. The third-order valence-corrected chi connectivity index (χ3v) is 4.45. The van der Waals surface area contributed by atoms with Gasteiger partial charge in [-0.25, -0.2) is 0 Å². The van der Waals surface area contributed by atoms with Crippen LogP contribution in [0.15, 0.2) is 18.2 Å². The van der Waals surface area contributed by atoms with Crippen LogP contribution in [0.3, 0.4) is 0 Å². The number of carbonyl (C=O) groups is 2. The van der Waals surface area contributed by atoms with Gasteiger partial charge in [0.15, 0.2) is 0 Å². The summed E-state index contributed by atoms with van der Waals surface area (Å²) in [4.78, 5) is 23.2. The van der Waals surface area contributed by atoms with E-state index in [1.165, 1.54) is 0 Å². The summed E-state index contributed by atoms with van der Waals surface area (Å²) in [7, 11) is 0. The number of anilines is 1. The lowest BCUT2D eigenvalue weighted by Crippen LogP contribution is -2.26. The Bertz CT molecular complexity index is 599. The molecule has 1 aliphatic heterocycles. The molecule has 2 rings (SSSR count). The van der Waals surface area contributed by atoms with Gasteiger partial charge in [0.05, 0.1) is 6.61 Å². The van der Waals surface area contributed by atoms with E-state index in [-0.39, 0.29) is 11.8 Å². The Balaban J connectivity index is 1.65. The van der Waals surface area contributed by atoms with Gasteiger partial charge < -0.3 is 15.4 Å². The SMILES string of the molecule is CC(CNCCCOc1cccc2c1CCC(=O)N2)CC(=O)C(C)C. The Morgan fingerprint density at radius 2 is 2.08 bits per heavy atom. The molecule has 1 atom stereocenters. The zero-order valence-electron chi connectivity index (χ0n) is 15.6. The van der Waals surface area contributed by atoms with E-state index < -0.39 is 0 Å². The standard InChI is InChI=1S/C20H30N2O3/c1-14(2)18(23)12-15(3)13-21-10-5-11-25-19-7-4-6-17-16(19)8-9-20(24)22-17/h4,6-7,14-15,21H,5,8-13H2,1-3H3,(H,22,24). The lowest BCUT2D eigenvalue weighted by molar-refractivity contribution is -0.122. The summed E-state index contributed by atoms with van der Waals surface area (Å²) in [5.41, 5.74) is 1.96. The van der Waals surface area contributed by atoms with Crippen molar-refractivity contribution in [1.82, 2.24) is 5.32 Å². The molecule has 0 radical (unpaired) electrons. The summed E-state index contributed by atoms with van der Waals surface area (Å²) in [6.45, 7) is 8.36. The highest BCUT2D eigenvalue weighted by molar-refractivity contribution is 5.94. The maximum Gasteiger partial charge on any atom is 0.224 e. The second-order valence-corrected chi connectivity index (χ2v) is 7.17. The summed E-state index contributed by atoms with van der Waals surface area (Å²) >= 11 is 0. The van der Waals surface area contributed by atoms with E-state index in [1.807, 2.05) is 32.0 Å². The highest BCUT2D eigenvalue weighted by Crippen LogP contribution is 2.31. The molecule has 2 N–H and O–H groups in total. The molecular weight excluding hydrogens is 316 g/mol. The first-order valence-corrected chi connectivity index (χ1v) is 9.25. The average molecular weight is 346 g/mol. The molecule has 1 unspecified atom stereocenters. The fraction of sp³-hybridized carbons (Fsp3) is 0.600. The summed E-state index contributed by atoms with van der Waals surface area (Å²) in [5, 5.41) is 6.28. The minimum absolute atomic E-state index is 0.0684. The Labute approximate surface area is 150 Å². The van der Waals surface area contributed by atoms with Crippen LogP contribution in [0.2, 0.25) is 0 Å². The molecule has 0 saturated carbocycles. The molecule has 0 bridgehead atoms. The van der Waals surface area contributed by atoms with Gasteiger partial charge >= 0.3 is 0 Å². The predicted octanol–water partition coefficient (Wildman–Crippen LogP) is 3.18. The number of carbonyl (C=O) groups excluding carboxylic acids is 2. The van der Waals surface area contributed by atoms with Crippen LogP contribution in [0.1, 0.15) is 45.6 Å². The number of ketones is 1. The highest BCUT2D eigenvalue weighted by Gasteiger charge is 2.18. The van der Waals surface area contributed by atoms with Crippen LogP contribution in [-0.2, 0) is 16.0 Å². The van der Waals surface area contributed by atoms with Crippen LogP contribution in [0, 0.1) is 11.8 Å². The maximum absolute atomic E-state index is 11.7. The molecule has 1 heterocycles. The van der Waals surface area contributed by atoms with Gasteiger partial charge in [0.25, 0.3) is 0 Å². The molecule has 0 fully saturated rings. The van der Waals surface area contributed by atoms with Gasteiger partial charge in [-0.1, -0.05) is 26.8 Å². The topological polar surface area (TPSA) is 67.4 Å².